The van der Waals surface area contributed by atoms with E-state index >= 15 is 0 Å². The molecular weight excluding hydrogens is 264 g/mol. The van der Waals surface area contributed by atoms with Crippen molar-refractivity contribution in [3.8, 4) is 12.3 Å². The first-order chi connectivity index (χ1) is 10.3. The number of terminal acetylenes is 1. The number of carbonyl (C=O) groups is 1. The molecule has 0 bridgehead atoms. The van der Waals surface area contributed by atoms with E-state index in [-0.39, 0.29) is 5.97 Å². The van der Waals surface area contributed by atoms with Gasteiger partial charge in [0.05, 0.1) is 7.11 Å². The van der Waals surface area contributed by atoms with Gasteiger partial charge in [0, 0.05) is 19.2 Å². The predicted octanol–water partition coefficient (Wildman–Crippen LogP) is 3.81. The number of nitrogens with zero attached hydrogens (tertiary/aromatic N) is 2. The molecule has 1 aromatic heterocycles. The van der Waals surface area contributed by atoms with Gasteiger partial charge >= 0.3 is 5.97 Å². The SMILES string of the molecule is C#CCCCCCCCCCCn1ccc(C(=O)OC)n1. The van der Waals surface area contributed by atoms with Crippen molar-refractivity contribution < 1.29 is 9.53 Å². The van der Waals surface area contributed by atoms with Crippen molar-refractivity contribution in [2.24, 2.45) is 0 Å². The number of aromatic nitrogens is 2. The van der Waals surface area contributed by atoms with E-state index in [1.807, 2.05) is 10.9 Å². The van der Waals surface area contributed by atoms with Crippen LogP contribution in [0.15, 0.2) is 12.3 Å². The molecule has 0 saturated carbocycles. The van der Waals surface area contributed by atoms with Crippen molar-refractivity contribution in [1.29, 1.82) is 0 Å². The second kappa shape index (κ2) is 11.0. The third kappa shape index (κ3) is 7.55. The van der Waals surface area contributed by atoms with Gasteiger partial charge in [-0.15, -0.1) is 12.3 Å². The number of hydrogen-bond donors (Lipinski definition) is 0. The van der Waals surface area contributed by atoms with E-state index in [9.17, 15) is 4.79 Å². The molecule has 0 N–H and O–H groups in total. The Bertz CT molecular complexity index is 446. The fourth-order valence-corrected chi connectivity index (χ4v) is 2.26. The average molecular weight is 290 g/mol. The van der Waals surface area contributed by atoms with E-state index < -0.39 is 0 Å². The van der Waals surface area contributed by atoms with Gasteiger partial charge in [0.1, 0.15) is 0 Å². The molecule has 0 aromatic carbocycles. The van der Waals surface area contributed by atoms with Gasteiger partial charge in [-0.05, 0) is 18.9 Å². The maximum atomic E-state index is 11.3. The fraction of sp³-hybridized carbons (Fsp3) is 0.647. The molecule has 0 radical (unpaired) electrons. The minimum atomic E-state index is -0.376. The molecule has 1 rings (SSSR count). The van der Waals surface area contributed by atoms with E-state index in [0.717, 1.165) is 19.4 Å². The summed E-state index contributed by atoms with van der Waals surface area (Å²) < 4.78 is 6.44. The highest BCUT2D eigenvalue weighted by Crippen LogP contribution is 2.10. The number of ether oxygens (including phenoxy) is 1. The van der Waals surface area contributed by atoms with Crippen LogP contribution in [0, 0.1) is 12.3 Å². The molecule has 4 heteroatoms. The molecule has 0 saturated heterocycles. The molecule has 0 aliphatic carbocycles. The molecule has 1 aromatic rings. The lowest BCUT2D eigenvalue weighted by atomic mass is 10.1. The summed E-state index contributed by atoms with van der Waals surface area (Å²) in [6.07, 6.45) is 17.8. The van der Waals surface area contributed by atoms with Crippen molar-refractivity contribution in [3.63, 3.8) is 0 Å². The Morgan fingerprint density at radius 1 is 1.19 bits per heavy atom. The van der Waals surface area contributed by atoms with Gasteiger partial charge in [0.2, 0.25) is 0 Å². The number of hydrogen-bond acceptors (Lipinski definition) is 3. The topological polar surface area (TPSA) is 44.1 Å². The highest BCUT2D eigenvalue weighted by Gasteiger charge is 2.08. The lowest BCUT2D eigenvalue weighted by molar-refractivity contribution is 0.0593. The number of methoxy groups -OCH3 is 1. The first kappa shape index (κ1) is 17.3. The van der Waals surface area contributed by atoms with Gasteiger partial charge in [-0.2, -0.15) is 5.10 Å². The highest BCUT2D eigenvalue weighted by molar-refractivity contribution is 5.86. The number of rotatable bonds is 11. The lowest BCUT2D eigenvalue weighted by Gasteiger charge is -2.02. The zero-order valence-electron chi connectivity index (χ0n) is 13.0. The third-order valence-corrected chi connectivity index (χ3v) is 3.49. The molecule has 0 unspecified atom stereocenters. The molecule has 0 spiro atoms. The maximum absolute atomic E-state index is 11.3. The number of unbranched alkanes of at least 4 members (excludes halogenated alkanes) is 8. The van der Waals surface area contributed by atoms with Crippen molar-refractivity contribution in [1.82, 2.24) is 9.78 Å². The van der Waals surface area contributed by atoms with E-state index in [2.05, 4.69) is 15.8 Å². The van der Waals surface area contributed by atoms with Gasteiger partial charge in [0.15, 0.2) is 5.69 Å². The van der Waals surface area contributed by atoms with Crippen LogP contribution in [0.1, 0.15) is 68.3 Å². The summed E-state index contributed by atoms with van der Waals surface area (Å²) in [5, 5.41) is 4.18. The van der Waals surface area contributed by atoms with E-state index in [1.165, 1.54) is 52.1 Å². The Balaban J connectivity index is 1.98. The molecule has 0 aliphatic rings. The number of carbonyl (C=O) groups excluding carboxylic acids is 1. The zero-order valence-corrected chi connectivity index (χ0v) is 13.0. The summed E-state index contributed by atoms with van der Waals surface area (Å²) in [6, 6.07) is 1.70. The Morgan fingerprint density at radius 3 is 2.43 bits per heavy atom. The van der Waals surface area contributed by atoms with E-state index in [0.29, 0.717) is 5.69 Å². The fourth-order valence-electron chi connectivity index (χ4n) is 2.26. The van der Waals surface area contributed by atoms with Crippen LogP contribution in [0.2, 0.25) is 0 Å². The molecule has 21 heavy (non-hydrogen) atoms. The van der Waals surface area contributed by atoms with E-state index in [1.54, 1.807) is 6.07 Å². The predicted molar refractivity (Wildman–Crippen MR) is 84.0 cm³/mol. The van der Waals surface area contributed by atoms with Gasteiger partial charge in [-0.3, -0.25) is 4.68 Å². The molecule has 0 amide bonds. The van der Waals surface area contributed by atoms with Crippen LogP contribution in [0.3, 0.4) is 0 Å². The number of esters is 1. The molecule has 1 heterocycles. The summed E-state index contributed by atoms with van der Waals surface area (Å²) in [6.45, 7) is 0.860. The Labute approximate surface area is 127 Å². The molecule has 0 aliphatic heterocycles. The monoisotopic (exact) mass is 290 g/mol. The van der Waals surface area contributed by atoms with Crippen LogP contribution in [0.25, 0.3) is 0 Å². The minimum Gasteiger partial charge on any atom is -0.464 e. The summed E-state index contributed by atoms with van der Waals surface area (Å²) in [5.74, 6) is 2.30. The zero-order chi connectivity index (χ0) is 15.3. The molecule has 4 nitrogen and oxygen atoms in total. The molecular formula is C17H26N2O2. The van der Waals surface area contributed by atoms with Crippen LogP contribution in [-0.4, -0.2) is 22.9 Å². The van der Waals surface area contributed by atoms with Crippen molar-refractivity contribution in [2.75, 3.05) is 7.11 Å². The molecule has 0 atom stereocenters. The Kier molecular flexibility index (Phi) is 9.03. The van der Waals surface area contributed by atoms with Crippen molar-refractivity contribution >= 4 is 5.97 Å². The van der Waals surface area contributed by atoms with Crippen LogP contribution in [0.4, 0.5) is 0 Å². The summed E-state index contributed by atoms with van der Waals surface area (Å²) in [5.41, 5.74) is 0.379. The maximum Gasteiger partial charge on any atom is 0.358 e. The quantitative estimate of drug-likeness (QED) is 0.353. The molecule has 116 valence electrons. The highest BCUT2D eigenvalue weighted by atomic mass is 16.5. The van der Waals surface area contributed by atoms with Crippen LogP contribution < -0.4 is 0 Å². The first-order valence-electron chi connectivity index (χ1n) is 7.83. The number of aryl methyl sites for hydroxylation is 1. The van der Waals surface area contributed by atoms with Gasteiger partial charge < -0.3 is 4.74 Å². The van der Waals surface area contributed by atoms with E-state index in [4.69, 9.17) is 6.42 Å². The van der Waals surface area contributed by atoms with Crippen molar-refractivity contribution in [2.45, 2.75) is 64.3 Å². The second-order valence-corrected chi connectivity index (χ2v) is 5.24. The average Bonchev–Trinajstić information content (AvgIpc) is 2.97. The van der Waals surface area contributed by atoms with Crippen LogP contribution >= 0.6 is 0 Å². The lowest BCUT2D eigenvalue weighted by Crippen LogP contribution is -2.05. The smallest absolute Gasteiger partial charge is 0.358 e. The molecule has 0 fully saturated rings. The standard InChI is InChI=1S/C17H26N2O2/c1-3-4-5-6-7-8-9-10-11-12-14-19-15-13-16(18-19)17(20)21-2/h1,13,15H,4-12,14H2,2H3. The second-order valence-electron chi connectivity index (χ2n) is 5.24. The van der Waals surface area contributed by atoms with Gasteiger partial charge in [-0.1, -0.05) is 38.5 Å². The summed E-state index contributed by atoms with van der Waals surface area (Å²) >= 11 is 0. The van der Waals surface area contributed by atoms with Crippen LogP contribution in [-0.2, 0) is 11.3 Å². The largest absolute Gasteiger partial charge is 0.464 e. The van der Waals surface area contributed by atoms with Gasteiger partial charge in [-0.25, -0.2) is 4.79 Å². The third-order valence-electron chi connectivity index (χ3n) is 3.49. The minimum absolute atomic E-state index is 0.376. The van der Waals surface area contributed by atoms with Crippen molar-refractivity contribution in [3.05, 3.63) is 18.0 Å². The normalized spacial score (nSPS) is 10.3. The Hall–Kier alpha value is -1.76. The summed E-state index contributed by atoms with van der Waals surface area (Å²) in [4.78, 5) is 11.3. The van der Waals surface area contributed by atoms with Crippen LogP contribution in [0.5, 0.6) is 0 Å². The summed E-state index contributed by atoms with van der Waals surface area (Å²) in [7, 11) is 1.37. The van der Waals surface area contributed by atoms with Gasteiger partial charge in [0.25, 0.3) is 0 Å². The first-order valence-corrected chi connectivity index (χ1v) is 7.83. The Morgan fingerprint density at radius 2 is 1.81 bits per heavy atom.